The van der Waals surface area contributed by atoms with Crippen LogP contribution >= 0.6 is 0 Å². The Morgan fingerprint density at radius 1 is 1.24 bits per heavy atom. The molecule has 1 fully saturated rings. The highest BCUT2D eigenvalue weighted by Crippen LogP contribution is 2.39. The number of hydrogen-bond acceptors (Lipinski definition) is 3. The van der Waals surface area contributed by atoms with E-state index in [9.17, 15) is 8.42 Å². The minimum atomic E-state index is -3.19. The van der Waals surface area contributed by atoms with Crippen molar-refractivity contribution in [3.05, 3.63) is 29.8 Å². The zero-order chi connectivity index (χ0) is 12.7. The number of benzene rings is 1. The van der Waals surface area contributed by atoms with E-state index < -0.39 is 10.0 Å². The summed E-state index contributed by atoms with van der Waals surface area (Å²) in [5.41, 5.74) is 7.77. The van der Waals surface area contributed by atoms with E-state index in [-0.39, 0.29) is 5.54 Å². The summed E-state index contributed by atoms with van der Waals surface area (Å²) in [7, 11) is -1.65. The summed E-state index contributed by atoms with van der Waals surface area (Å²) in [5, 5.41) is 0. The third-order valence-corrected chi connectivity index (χ3v) is 4.75. The van der Waals surface area contributed by atoms with Crippen molar-refractivity contribution in [1.82, 2.24) is 0 Å². The Labute approximate surface area is 102 Å². The number of sulfonamides is 1. The molecule has 0 heterocycles. The Balaban J connectivity index is 2.24. The summed E-state index contributed by atoms with van der Waals surface area (Å²) in [6, 6.07) is 7.47. The molecule has 0 atom stereocenters. The molecule has 1 aliphatic rings. The van der Waals surface area contributed by atoms with Gasteiger partial charge in [0.1, 0.15) is 0 Å². The lowest BCUT2D eigenvalue weighted by Crippen LogP contribution is -2.43. The topological polar surface area (TPSA) is 63.4 Å². The molecule has 0 radical (unpaired) electrons. The SMILES string of the molecule is CN(c1ccc(C2(N)CCC2)cc1)S(C)(=O)=O. The molecule has 0 aliphatic heterocycles. The van der Waals surface area contributed by atoms with Crippen LogP contribution in [0.25, 0.3) is 0 Å². The Morgan fingerprint density at radius 3 is 2.12 bits per heavy atom. The van der Waals surface area contributed by atoms with Crippen LogP contribution in [0.4, 0.5) is 5.69 Å². The fourth-order valence-electron chi connectivity index (χ4n) is 2.04. The third kappa shape index (κ3) is 2.30. The zero-order valence-electron chi connectivity index (χ0n) is 10.2. The maximum absolute atomic E-state index is 11.4. The van der Waals surface area contributed by atoms with Gasteiger partial charge in [-0.1, -0.05) is 12.1 Å². The van der Waals surface area contributed by atoms with Crippen molar-refractivity contribution in [1.29, 1.82) is 0 Å². The first-order valence-corrected chi connectivity index (χ1v) is 7.51. The maximum atomic E-state index is 11.4. The van der Waals surface area contributed by atoms with Crippen LogP contribution in [0.2, 0.25) is 0 Å². The molecule has 1 aliphatic carbocycles. The van der Waals surface area contributed by atoms with Crippen molar-refractivity contribution in [2.75, 3.05) is 17.6 Å². The van der Waals surface area contributed by atoms with E-state index >= 15 is 0 Å². The van der Waals surface area contributed by atoms with Crippen molar-refractivity contribution >= 4 is 15.7 Å². The van der Waals surface area contributed by atoms with E-state index in [1.54, 1.807) is 7.05 Å². The molecule has 1 aromatic carbocycles. The van der Waals surface area contributed by atoms with E-state index in [0.29, 0.717) is 5.69 Å². The van der Waals surface area contributed by atoms with Gasteiger partial charge in [0.05, 0.1) is 11.9 Å². The minimum absolute atomic E-state index is 0.192. The molecule has 1 aromatic rings. The lowest BCUT2D eigenvalue weighted by molar-refractivity contribution is 0.253. The average Bonchev–Trinajstić information content (AvgIpc) is 2.24. The molecule has 0 bridgehead atoms. The van der Waals surface area contributed by atoms with Crippen LogP contribution in [-0.2, 0) is 15.6 Å². The van der Waals surface area contributed by atoms with Gasteiger partial charge in [-0.2, -0.15) is 0 Å². The van der Waals surface area contributed by atoms with Gasteiger partial charge in [-0.15, -0.1) is 0 Å². The second kappa shape index (κ2) is 3.99. The maximum Gasteiger partial charge on any atom is 0.231 e. The van der Waals surface area contributed by atoms with Gasteiger partial charge in [0, 0.05) is 12.6 Å². The first-order valence-electron chi connectivity index (χ1n) is 5.66. The van der Waals surface area contributed by atoms with Gasteiger partial charge in [0.25, 0.3) is 0 Å². The summed E-state index contributed by atoms with van der Waals surface area (Å²) in [4.78, 5) is 0. The zero-order valence-corrected chi connectivity index (χ0v) is 11.0. The van der Waals surface area contributed by atoms with Crippen molar-refractivity contribution in [3.63, 3.8) is 0 Å². The molecule has 2 rings (SSSR count). The Hall–Kier alpha value is -1.07. The van der Waals surface area contributed by atoms with E-state index in [1.807, 2.05) is 24.3 Å². The molecule has 0 amide bonds. The summed E-state index contributed by atoms with van der Waals surface area (Å²) in [5.74, 6) is 0. The van der Waals surface area contributed by atoms with E-state index in [1.165, 1.54) is 17.0 Å². The molecule has 1 saturated carbocycles. The van der Waals surface area contributed by atoms with Crippen LogP contribution < -0.4 is 10.0 Å². The monoisotopic (exact) mass is 254 g/mol. The summed E-state index contributed by atoms with van der Waals surface area (Å²) in [6.45, 7) is 0. The number of rotatable bonds is 3. The van der Waals surface area contributed by atoms with Gasteiger partial charge in [-0.25, -0.2) is 8.42 Å². The second-order valence-corrected chi connectivity index (χ2v) is 6.80. The number of nitrogens with zero attached hydrogens (tertiary/aromatic N) is 1. The van der Waals surface area contributed by atoms with Crippen LogP contribution in [0.5, 0.6) is 0 Å². The molecule has 0 spiro atoms. The fraction of sp³-hybridized carbons (Fsp3) is 0.500. The molecule has 0 aromatic heterocycles. The summed E-state index contributed by atoms with van der Waals surface area (Å²) >= 11 is 0. The minimum Gasteiger partial charge on any atom is -0.321 e. The fourth-order valence-corrected chi connectivity index (χ4v) is 2.55. The normalized spacial score (nSPS) is 18.5. The first-order chi connectivity index (χ1) is 7.83. The number of nitrogens with two attached hydrogens (primary N) is 1. The van der Waals surface area contributed by atoms with Crippen molar-refractivity contribution in [2.45, 2.75) is 24.8 Å². The standard InChI is InChI=1S/C12H18N2O2S/c1-14(17(2,15)16)11-6-4-10(5-7-11)12(13)8-3-9-12/h4-7H,3,8-9,13H2,1-2H3. The third-order valence-electron chi connectivity index (χ3n) is 3.55. The largest absolute Gasteiger partial charge is 0.321 e. The van der Waals surface area contributed by atoms with Crippen LogP contribution in [-0.4, -0.2) is 21.7 Å². The highest BCUT2D eigenvalue weighted by Gasteiger charge is 2.34. The summed E-state index contributed by atoms with van der Waals surface area (Å²) in [6.07, 6.45) is 4.38. The number of hydrogen-bond donors (Lipinski definition) is 1. The Bertz CT molecular complexity index is 504. The predicted molar refractivity (Wildman–Crippen MR) is 69.4 cm³/mol. The van der Waals surface area contributed by atoms with E-state index in [4.69, 9.17) is 5.73 Å². The van der Waals surface area contributed by atoms with Crippen LogP contribution in [0.15, 0.2) is 24.3 Å². The second-order valence-electron chi connectivity index (χ2n) is 4.79. The van der Waals surface area contributed by atoms with E-state index in [2.05, 4.69) is 0 Å². The van der Waals surface area contributed by atoms with Crippen LogP contribution in [0.3, 0.4) is 0 Å². The van der Waals surface area contributed by atoms with Crippen LogP contribution in [0, 0.1) is 0 Å². The van der Waals surface area contributed by atoms with Gasteiger partial charge in [-0.05, 0) is 37.0 Å². The van der Waals surface area contributed by atoms with E-state index in [0.717, 1.165) is 18.4 Å². The Kier molecular flexibility index (Phi) is 2.91. The molecule has 94 valence electrons. The first kappa shape index (κ1) is 12.4. The van der Waals surface area contributed by atoms with Gasteiger partial charge in [0.15, 0.2) is 0 Å². The number of anilines is 1. The quantitative estimate of drug-likeness (QED) is 0.887. The van der Waals surface area contributed by atoms with Gasteiger partial charge >= 0.3 is 0 Å². The van der Waals surface area contributed by atoms with Gasteiger partial charge in [-0.3, -0.25) is 4.31 Å². The molecule has 5 heteroatoms. The smallest absolute Gasteiger partial charge is 0.231 e. The highest BCUT2D eigenvalue weighted by molar-refractivity contribution is 7.92. The molecule has 2 N–H and O–H groups in total. The van der Waals surface area contributed by atoms with Crippen molar-refractivity contribution < 1.29 is 8.42 Å². The summed E-state index contributed by atoms with van der Waals surface area (Å²) < 4.78 is 24.0. The molecular weight excluding hydrogens is 236 g/mol. The lowest BCUT2D eigenvalue weighted by atomic mass is 9.73. The Morgan fingerprint density at radius 2 is 1.76 bits per heavy atom. The molecular formula is C12H18N2O2S. The van der Waals surface area contributed by atoms with Crippen molar-refractivity contribution in [3.8, 4) is 0 Å². The van der Waals surface area contributed by atoms with Gasteiger partial charge < -0.3 is 5.73 Å². The average molecular weight is 254 g/mol. The molecule has 0 unspecified atom stereocenters. The predicted octanol–water partition coefficient (Wildman–Crippen LogP) is 1.42. The van der Waals surface area contributed by atoms with Crippen LogP contribution in [0.1, 0.15) is 24.8 Å². The molecule has 0 saturated heterocycles. The van der Waals surface area contributed by atoms with Crippen molar-refractivity contribution in [2.24, 2.45) is 5.73 Å². The van der Waals surface area contributed by atoms with Gasteiger partial charge in [0.2, 0.25) is 10.0 Å². The molecule has 4 nitrogen and oxygen atoms in total. The highest BCUT2D eigenvalue weighted by atomic mass is 32.2. The lowest BCUT2D eigenvalue weighted by Gasteiger charge is -2.38. The molecule has 17 heavy (non-hydrogen) atoms.